The number of benzene rings is 1. The molecule has 0 nitrogen and oxygen atoms in total. The van der Waals surface area contributed by atoms with Crippen molar-refractivity contribution in [1.29, 1.82) is 0 Å². The van der Waals surface area contributed by atoms with Crippen molar-refractivity contribution in [2.45, 2.75) is 6.42 Å². The normalized spacial score (nSPS) is 21.2. The first-order valence-electron chi connectivity index (χ1n) is 6.61. The van der Waals surface area contributed by atoms with Gasteiger partial charge in [0.25, 0.3) is 0 Å². The minimum atomic E-state index is 0. The molecule has 4 rings (SSSR count). The third-order valence-corrected chi connectivity index (χ3v) is 10.7. The molecule has 0 N–H and O–H groups in total. The number of hydrogen-bond donors (Lipinski definition) is 0. The summed E-state index contributed by atoms with van der Waals surface area (Å²) in [6.07, 6.45) is 8.32. The second-order valence-corrected chi connectivity index (χ2v) is 11.9. The minimum absolute atomic E-state index is 0. The van der Waals surface area contributed by atoms with Crippen LogP contribution in [0.1, 0.15) is 6.42 Å². The summed E-state index contributed by atoms with van der Waals surface area (Å²) in [5.74, 6) is 0. The zero-order chi connectivity index (χ0) is 13.2. The molecule has 2 atom stereocenters. The van der Waals surface area contributed by atoms with Gasteiger partial charge in [0.15, 0.2) is 0 Å². The van der Waals surface area contributed by atoms with Gasteiger partial charge in [0.05, 0.1) is 0 Å². The Kier molecular flexibility index (Phi) is 10.8. The molecule has 1 heterocycles. The molecule has 0 saturated carbocycles. The summed E-state index contributed by atoms with van der Waals surface area (Å²) in [5.41, 5.74) is 1.64. The van der Waals surface area contributed by atoms with E-state index in [0.717, 1.165) is 6.42 Å². The van der Waals surface area contributed by atoms with E-state index in [1.807, 2.05) is 0 Å². The van der Waals surface area contributed by atoms with Crippen molar-refractivity contribution in [2.24, 2.45) is 0 Å². The Balaban J connectivity index is 0.000000354. The predicted molar refractivity (Wildman–Crippen MR) is 89.6 cm³/mol. The van der Waals surface area contributed by atoms with Crippen LogP contribution in [0, 0.1) is 6.08 Å². The third kappa shape index (κ3) is 5.06. The zero-order valence-electron chi connectivity index (χ0n) is 12.7. The van der Waals surface area contributed by atoms with Gasteiger partial charge < -0.3 is 24.8 Å². The molecule has 0 radical (unpaired) electrons. The molecule has 2 unspecified atom stereocenters. The van der Waals surface area contributed by atoms with Crippen LogP contribution in [0.3, 0.4) is 0 Å². The van der Waals surface area contributed by atoms with Crippen molar-refractivity contribution >= 4 is 26.0 Å². The SMILES string of the molecule is CP1CC2=CC[C-]=C2P1C.[Cl-].[Cl-].[Zr+4].c1ccc2[cH-]ccc2c1. The fraction of sp³-hybridized carbons (Fsp3) is 0.235. The topological polar surface area (TPSA) is 0 Å². The van der Waals surface area contributed by atoms with Crippen LogP contribution in [0.15, 0.2) is 59.4 Å². The second kappa shape index (κ2) is 10.5. The van der Waals surface area contributed by atoms with E-state index in [1.165, 1.54) is 16.9 Å². The first kappa shape index (κ1) is 22.6. The van der Waals surface area contributed by atoms with Gasteiger partial charge in [0.2, 0.25) is 0 Å². The van der Waals surface area contributed by atoms with Crippen LogP contribution in [-0.2, 0) is 26.2 Å². The third-order valence-electron chi connectivity index (χ3n) is 3.70. The molecule has 5 heteroatoms. The first-order valence-corrected chi connectivity index (χ1v) is 11.1. The minimum Gasteiger partial charge on any atom is -1.00 e. The smallest absolute Gasteiger partial charge is 1.00 e. The molecule has 2 aliphatic rings. The fourth-order valence-corrected chi connectivity index (χ4v) is 7.62. The maximum Gasteiger partial charge on any atom is 4.00 e. The van der Waals surface area contributed by atoms with Gasteiger partial charge in [-0.15, -0.1) is 36.1 Å². The summed E-state index contributed by atoms with van der Waals surface area (Å²) in [6, 6.07) is 14.7. The number of rotatable bonds is 0. The van der Waals surface area contributed by atoms with Crippen molar-refractivity contribution < 1.29 is 51.0 Å². The van der Waals surface area contributed by atoms with Crippen molar-refractivity contribution in [3.05, 3.63) is 65.5 Å². The molecule has 1 aliphatic carbocycles. The van der Waals surface area contributed by atoms with Crippen LogP contribution in [0.5, 0.6) is 0 Å². The second-order valence-electron chi connectivity index (χ2n) is 4.95. The summed E-state index contributed by atoms with van der Waals surface area (Å²) in [6.45, 7) is 4.84. The quantitative estimate of drug-likeness (QED) is 0.386. The van der Waals surface area contributed by atoms with Gasteiger partial charge in [-0.1, -0.05) is 27.4 Å². The Morgan fingerprint density at radius 1 is 1.09 bits per heavy atom. The van der Waals surface area contributed by atoms with Gasteiger partial charge in [-0.25, -0.2) is 0 Å². The molecule has 1 fully saturated rings. The van der Waals surface area contributed by atoms with Gasteiger partial charge in [0.1, 0.15) is 0 Å². The van der Waals surface area contributed by atoms with Crippen LogP contribution >= 0.6 is 15.2 Å². The van der Waals surface area contributed by atoms with Gasteiger partial charge >= 0.3 is 26.2 Å². The first-order chi connectivity index (χ1) is 9.25. The molecule has 1 saturated heterocycles. The van der Waals surface area contributed by atoms with Crippen molar-refractivity contribution in [3.8, 4) is 0 Å². The van der Waals surface area contributed by atoms with Crippen LogP contribution in [0.25, 0.3) is 10.8 Å². The standard InChI is InChI=1S/C9H7.C8H11P2.2ClH.Zr/c1-2-5-9-7-3-6-8(9)4-1;1-9-6-7-4-3-5-8(7)10(9)2;;;/h1-7H;4H,3,6H2,1-2H3;2*1H;/q2*-1;;;+4/p-2. The van der Waals surface area contributed by atoms with Crippen LogP contribution in [0.2, 0.25) is 0 Å². The van der Waals surface area contributed by atoms with Gasteiger partial charge in [-0.3, -0.25) is 6.08 Å². The molecule has 0 spiro atoms. The molecule has 2 aromatic carbocycles. The van der Waals surface area contributed by atoms with E-state index in [4.69, 9.17) is 0 Å². The van der Waals surface area contributed by atoms with E-state index in [2.05, 4.69) is 67.9 Å². The van der Waals surface area contributed by atoms with Gasteiger partial charge in [0, 0.05) is 0 Å². The summed E-state index contributed by atoms with van der Waals surface area (Å²) in [4.78, 5) is 0. The van der Waals surface area contributed by atoms with Gasteiger partial charge in [-0.2, -0.15) is 34.5 Å². The molecule has 114 valence electrons. The molecule has 1 aliphatic heterocycles. The van der Waals surface area contributed by atoms with E-state index in [0.29, 0.717) is 7.61 Å². The van der Waals surface area contributed by atoms with Crippen molar-refractivity contribution in [2.75, 3.05) is 19.5 Å². The van der Waals surface area contributed by atoms with E-state index in [-0.39, 0.29) is 58.6 Å². The summed E-state index contributed by atoms with van der Waals surface area (Å²) < 4.78 is 0. The summed E-state index contributed by atoms with van der Waals surface area (Å²) in [5, 5.41) is 4.28. The Hall–Kier alpha value is 0.633. The van der Waals surface area contributed by atoms with Crippen molar-refractivity contribution in [1.82, 2.24) is 0 Å². The Morgan fingerprint density at radius 3 is 2.50 bits per heavy atom. The average Bonchev–Trinajstić information content (AvgIpc) is 3.10. The largest absolute Gasteiger partial charge is 4.00 e. The Labute approximate surface area is 167 Å². The molecule has 2 aromatic rings. The number of allylic oxidation sites excluding steroid dienone is 4. The zero-order valence-corrected chi connectivity index (χ0v) is 18.4. The molecular weight excluding hydrogens is 428 g/mol. The Bertz CT molecular complexity index is 619. The summed E-state index contributed by atoms with van der Waals surface area (Å²) in [7, 11) is 0.573. The van der Waals surface area contributed by atoms with E-state index in [1.54, 1.807) is 10.9 Å². The van der Waals surface area contributed by atoms with Crippen LogP contribution in [0.4, 0.5) is 0 Å². The van der Waals surface area contributed by atoms with Gasteiger partial charge in [-0.05, 0) is 13.3 Å². The maximum atomic E-state index is 3.47. The fourth-order valence-electron chi connectivity index (χ4n) is 2.54. The monoisotopic (exact) mass is 444 g/mol. The van der Waals surface area contributed by atoms with Crippen molar-refractivity contribution in [3.63, 3.8) is 0 Å². The molecule has 0 amide bonds. The van der Waals surface area contributed by atoms with Crippen LogP contribution in [-0.4, -0.2) is 19.5 Å². The summed E-state index contributed by atoms with van der Waals surface area (Å²) >= 11 is 0. The van der Waals surface area contributed by atoms with E-state index >= 15 is 0 Å². The molecule has 0 bridgehead atoms. The van der Waals surface area contributed by atoms with E-state index in [9.17, 15) is 0 Å². The van der Waals surface area contributed by atoms with Crippen LogP contribution < -0.4 is 24.8 Å². The average molecular weight is 446 g/mol. The number of halogens is 2. The molecular formula is C17H18Cl2P2Zr. The molecule has 22 heavy (non-hydrogen) atoms. The predicted octanol–water partition coefficient (Wildman–Crippen LogP) is -0.280. The maximum absolute atomic E-state index is 3.47. The number of fused-ring (bicyclic) bond motifs is 2. The van der Waals surface area contributed by atoms with E-state index < -0.39 is 0 Å². The Morgan fingerprint density at radius 2 is 1.82 bits per heavy atom. The molecule has 0 aromatic heterocycles. The number of hydrogen-bond acceptors (Lipinski definition) is 0.